The lowest BCUT2D eigenvalue weighted by Crippen LogP contribution is -2.33. The van der Waals surface area contributed by atoms with E-state index in [4.69, 9.17) is 10.8 Å². The van der Waals surface area contributed by atoms with E-state index in [0.29, 0.717) is 0 Å². The number of carboxylic acids is 1. The number of carbonyl (C=O) groups is 2. The molecule has 0 aliphatic carbocycles. The number of carboxylic acid groups (broad SMARTS) is 1. The van der Waals surface area contributed by atoms with Crippen molar-refractivity contribution in [3.63, 3.8) is 0 Å². The van der Waals surface area contributed by atoms with E-state index in [2.05, 4.69) is 0 Å². The third kappa shape index (κ3) is 3.25. The fourth-order valence-corrected chi connectivity index (χ4v) is 1.41. The highest BCUT2D eigenvalue weighted by atomic mass is 19.1. The number of halogens is 1. The van der Waals surface area contributed by atoms with Crippen LogP contribution in [-0.2, 0) is 16.0 Å². The Morgan fingerprint density at radius 3 is 2.44 bits per heavy atom. The average Bonchev–Trinajstić information content (AvgIpc) is 2.29. The lowest BCUT2D eigenvalue weighted by molar-refractivity contribution is -0.136. The van der Waals surface area contributed by atoms with Crippen molar-refractivity contribution >= 4 is 11.9 Å². The zero-order valence-corrected chi connectivity index (χ0v) is 9.21. The molecule has 0 aliphatic heterocycles. The van der Waals surface area contributed by atoms with E-state index >= 15 is 0 Å². The fourth-order valence-electron chi connectivity index (χ4n) is 1.41. The largest absolute Gasteiger partial charge is 0.481 e. The molecule has 0 radical (unpaired) electrons. The van der Waals surface area contributed by atoms with Gasteiger partial charge in [-0.2, -0.15) is 0 Å². The highest BCUT2D eigenvalue weighted by Crippen LogP contribution is 2.20. The first-order valence-corrected chi connectivity index (χ1v) is 4.98. The molecule has 1 amide bonds. The van der Waals surface area contributed by atoms with Gasteiger partial charge < -0.3 is 21.1 Å². The third-order valence-corrected chi connectivity index (χ3v) is 2.34. The quantitative estimate of drug-likeness (QED) is 0.557. The lowest BCUT2D eigenvalue weighted by Gasteiger charge is -2.16. The summed E-state index contributed by atoms with van der Waals surface area (Å²) in [5.41, 5.74) is 4.66. The predicted octanol–water partition coefficient (Wildman–Crippen LogP) is -0.668. The minimum atomic E-state index is -1.84. The van der Waals surface area contributed by atoms with Crippen LogP contribution in [0.3, 0.4) is 0 Å². The average molecular weight is 257 g/mol. The first-order chi connectivity index (χ1) is 8.32. The van der Waals surface area contributed by atoms with Gasteiger partial charge in [-0.25, -0.2) is 4.39 Å². The number of hydrogen-bond donors (Lipinski definition) is 4. The molecule has 0 aliphatic rings. The molecule has 6 nitrogen and oxygen atoms in total. The normalized spacial score (nSPS) is 13.9. The van der Waals surface area contributed by atoms with E-state index in [1.54, 1.807) is 0 Å². The number of aliphatic carboxylic acids is 1. The maximum Gasteiger partial charge on any atom is 0.307 e. The van der Waals surface area contributed by atoms with Gasteiger partial charge in [0.2, 0.25) is 5.91 Å². The molecular weight excluding hydrogens is 245 g/mol. The molecule has 2 unspecified atom stereocenters. The summed E-state index contributed by atoms with van der Waals surface area (Å²) in [7, 11) is 0. The first kappa shape index (κ1) is 14.1. The van der Waals surface area contributed by atoms with Crippen LogP contribution in [0, 0.1) is 5.82 Å². The fraction of sp³-hybridized carbons (Fsp3) is 0.273. The van der Waals surface area contributed by atoms with Crippen LogP contribution in [0.15, 0.2) is 18.2 Å². The summed E-state index contributed by atoms with van der Waals surface area (Å²) in [5.74, 6) is -3.12. The van der Waals surface area contributed by atoms with Crippen molar-refractivity contribution in [3.8, 4) is 0 Å². The van der Waals surface area contributed by atoms with E-state index in [-0.39, 0.29) is 11.1 Å². The van der Waals surface area contributed by atoms with E-state index < -0.39 is 36.3 Å². The second-order valence-electron chi connectivity index (χ2n) is 3.71. The maximum atomic E-state index is 13.3. The molecule has 7 heteroatoms. The predicted molar refractivity (Wildman–Crippen MR) is 57.9 cm³/mol. The molecule has 1 aromatic carbocycles. The van der Waals surface area contributed by atoms with Crippen LogP contribution in [-0.4, -0.2) is 33.3 Å². The molecule has 0 saturated carbocycles. The van der Waals surface area contributed by atoms with E-state index in [1.807, 2.05) is 0 Å². The van der Waals surface area contributed by atoms with E-state index in [1.165, 1.54) is 0 Å². The first-order valence-electron chi connectivity index (χ1n) is 4.98. The number of primary amides is 1. The summed E-state index contributed by atoms with van der Waals surface area (Å²) in [6.45, 7) is 0. The Labute approximate surface area is 101 Å². The SMILES string of the molecule is NC(=O)C(O)C(O)c1ccc(F)c(CC(=O)O)c1. The van der Waals surface area contributed by atoms with Crippen LogP contribution in [0.1, 0.15) is 17.2 Å². The molecule has 0 heterocycles. The summed E-state index contributed by atoms with van der Waals surface area (Å²) in [6.07, 6.45) is -4.04. The maximum absolute atomic E-state index is 13.3. The molecule has 18 heavy (non-hydrogen) atoms. The number of amides is 1. The van der Waals surface area contributed by atoms with Gasteiger partial charge in [-0.05, 0) is 23.3 Å². The summed E-state index contributed by atoms with van der Waals surface area (Å²) in [4.78, 5) is 21.2. The summed E-state index contributed by atoms with van der Waals surface area (Å²) in [5, 5.41) is 27.4. The van der Waals surface area contributed by atoms with Crippen LogP contribution >= 0.6 is 0 Å². The summed E-state index contributed by atoms with van der Waals surface area (Å²) in [6, 6.07) is 3.16. The van der Waals surface area contributed by atoms with Crippen LogP contribution in [0.4, 0.5) is 4.39 Å². The lowest BCUT2D eigenvalue weighted by atomic mass is 10.00. The molecule has 0 saturated heterocycles. The zero-order chi connectivity index (χ0) is 13.9. The minimum Gasteiger partial charge on any atom is -0.481 e. The van der Waals surface area contributed by atoms with Gasteiger partial charge in [0.15, 0.2) is 6.10 Å². The Bertz CT molecular complexity index is 477. The van der Waals surface area contributed by atoms with Crippen molar-refractivity contribution in [2.75, 3.05) is 0 Å². The van der Waals surface area contributed by atoms with Gasteiger partial charge in [-0.15, -0.1) is 0 Å². The molecule has 2 atom stereocenters. The van der Waals surface area contributed by atoms with Crippen molar-refractivity contribution in [1.29, 1.82) is 0 Å². The molecule has 1 rings (SSSR count). The van der Waals surface area contributed by atoms with Crippen molar-refractivity contribution in [2.45, 2.75) is 18.6 Å². The van der Waals surface area contributed by atoms with Crippen molar-refractivity contribution in [1.82, 2.24) is 0 Å². The molecule has 0 fully saturated rings. The Morgan fingerprint density at radius 1 is 1.33 bits per heavy atom. The number of hydrogen-bond acceptors (Lipinski definition) is 4. The summed E-state index contributed by atoms with van der Waals surface area (Å²) >= 11 is 0. The molecule has 1 aromatic rings. The van der Waals surface area contributed by atoms with Gasteiger partial charge >= 0.3 is 5.97 Å². The highest BCUT2D eigenvalue weighted by Gasteiger charge is 2.24. The minimum absolute atomic E-state index is 0.0129. The number of nitrogens with two attached hydrogens (primary N) is 1. The van der Waals surface area contributed by atoms with Crippen LogP contribution in [0.25, 0.3) is 0 Å². The molecule has 5 N–H and O–H groups in total. The topological polar surface area (TPSA) is 121 Å². The molecule has 0 aromatic heterocycles. The third-order valence-electron chi connectivity index (χ3n) is 2.34. The van der Waals surface area contributed by atoms with Gasteiger partial charge in [0.05, 0.1) is 6.42 Å². The Balaban J connectivity index is 3.04. The number of benzene rings is 1. The Morgan fingerprint density at radius 2 is 1.94 bits per heavy atom. The molecular formula is C11H12FNO5. The van der Waals surface area contributed by atoms with Crippen LogP contribution in [0.5, 0.6) is 0 Å². The van der Waals surface area contributed by atoms with Gasteiger partial charge in [0, 0.05) is 0 Å². The van der Waals surface area contributed by atoms with Crippen LogP contribution < -0.4 is 5.73 Å². The highest BCUT2D eigenvalue weighted by molar-refractivity contribution is 5.79. The Kier molecular flexibility index (Phi) is 4.35. The number of aliphatic hydroxyl groups is 2. The molecule has 0 bridgehead atoms. The molecule has 0 spiro atoms. The smallest absolute Gasteiger partial charge is 0.307 e. The van der Waals surface area contributed by atoms with Gasteiger partial charge in [-0.3, -0.25) is 9.59 Å². The number of carbonyl (C=O) groups excluding carboxylic acids is 1. The second kappa shape index (κ2) is 5.56. The van der Waals surface area contributed by atoms with Crippen molar-refractivity contribution in [3.05, 3.63) is 35.1 Å². The van der Waals surface area contributed by atoms with Crippen molar-refractivity contribution in [2.24, 2.45) is 5.73 Å². The van der Waals surface area contributed by atoms with Gasteiger partial charge in [0.1, 0.15) is 11.9 Å². The van der Waals surface area contributed by atoms with Crippen LogP contribution in [0.2, 0.25) is 0 Å². The number of aliphatic hydroxyl groups excluding tert-OH is 2. The van der Waals surface area contributed by atoms with Gasteiger partial charge in [-0.1, -0.05) is 6.07 Å². The van der Waals surface area contributed by atoms with E-state index in [9.17, 15) is 24.2 Å². The zero-order valence-electron chi connectivity index (χ0n) is 9.21. The molecule has 98 valence electrons. The standard InChI is InChI=1S/C11H12FNO5/c12-7-2-1-5(3-6(7)4-8(14)15)9(16)10(17)11(13)18/h1-3,9-10,16-17H,4H2,(H2,13,18)(H,14,15). The second-order valence-corrected chi connectivity index (χ2v) is 3.71. The van der Waals surface area contributed by atoms with Crippen molar-refractivity contribution < 1.29 is 29.3 Å². The summed E-state index contributed by atoms with van der Waals surface area (Å²) < 4.78 is 13.3. The van der Waals surface area contributed by atoms with E-state index in [0.717, 1.165) is 18.2 Å². The number of rotatable bonds is 5. The monoisotopic (exact) mass is 257 g/mol. The van der Waals surface area contributed by atoms with Gasteiger partial charge in [0.25, 0.3) is 0 Å². The Hall–Kier alpha value is -1.99.